The highest BCUT2D eigenvalue weighted by Gasteiger charge is 2.31. The lowest BCUT2D eigenvalue weighted by Crippen LogP contribution is -2.17. The first-order chi connectivity index (χ1) is 7.78. The summed E-state index contributed by atoms with van der Waals surface area (Å²) in [4.78, 5) is 10.3. The Kier molecular flexibility index (Phi) is 3.95. The van der Waals surface area contributed by atoms with Crippen molar-refractivity contribution in [3.05, 3.63) is 29.8 Å². The predicted octanol–water partition coefficient (Wildman–Crippen LogP) is 2.09. The zero-order valence-electron chi connectivity index (χ0n) is 8.44. The molecule has 0 spiro atoms. The second-order valence-corrected chi connectivity index (χ2v) is 3.23. The van der Waals surface area contributed by atoms with E-state index in [0.717, 1.165) is 12.1 Å². The third-order valence-electron chi connectivity index (χ3n) is 1.87. The Labute approximate surface area is 94.3 Å². The van der Waals surface area contributed by atoms with Crippen LogP contribution in [0.2, 0.25) is 0 Å². The molecule has 0 saturated heterocycles. The van der Waals surface area contributed by atoms with Gasteiger partial charge in [0.05, 0.1) is 12.5 Å². The molecule has 1 aromatic rings. The van der Waals surface area contributed by atoms with Crippen LogP contribution in [-0.2, 0) is 4.79 Å². The molecule has 94 valence electrons. The molecule has 1 unspecified atom stereocenters. The highest BCUT2D eigenvalue weighted by Crippen LogP contribution is 2.25. The lowest BCUT2D eigenvalue weighted by molar-refractivity contribution is -0.274. The van der Waals surface area contributed by atoms with Gasteiger partial charge in [0.25, 0.3) is 0 Å². The molecule has 0 aliphatic carbocycles. The smallest absolute Gasteiger partial charge is 0.481 e. The monoisotopic (exact) mass is 250 g/mol. The van der Waals surface area contributed by atoms with Crippen LogP contribution in [0.25, 0.3) is 0 Å². The van der Waals surface area contributed by atoms with E-state index in [1.54, 1.807) is 0 Å². The van der Waals surface area contributed by atoms with Gasteiger partial charge in [0.15, 0.2) is 0 Å². The summed E-state index contributed by atoms with van der Waals surface area (Å²) in [6, 6.07) is 4.37. The molecule has 17 heavy (non-hydrogen) atoms. The summed E-state index contributed by atoms with van der Waals surface area (Å²) in [7, 11) is 0. The second-order valence-electron chi connectivity index (χ2n) is 3.23. The average Bonchev–Trinajstić information content (AvgIpc) is 2.15. The summed E-state index contributed by atoms with van der Waals surface area (Å²) in [5.74, 6) is -1.63. The molecular formula is C10H9F3O4. The first-order valence-electron chi connectivity index (χ1n) is 4.53. The van der Waals surface area contributed by atoms with Crippen LogP contribution in [0.1, 0.15) is 18.1 Å². The van der Waals surface area contributed by atoms with Crippen LogP contribution in [0.15, 0.2) is 24.3 Å². The molecule has 1 aromatic carbocycles. The molecule has 0 saturated carbocycles. The summed E-state index contributed by atoms with van der Waals surface area (Å²) in [6.07, 6.45) is -6.55. The van der Waals surface area contributed by atoms with E-state index in [4.69, 9.17) is 5.11 Å². The fourth-order valence-electron chi connectivity index (χ4n) is 1.17. The largest absolute Gasteiger partial charge is 0.573 e. The molecule has 0 aliphatic rings. The number of alkyl halides is 3. The van der Waals surface area contributed by atoms with Crippen LogP contribution in [0.3, 0.4) is 0 Å². The number of hydrogen-bond acceptors (Lipinski definition) is 3. The van der Waals surface area contributed by atoms with Crippen molar-refractivity contribution in [2.75, 3.05) is 0 Å². The number of rotatable bonds is 4. The number of hydrogen-bond donors (Lipinski definition) is 2. The van der Waals surface area contributed by atoms with Gasteiger partial charge in [0.1, 0.15) is 5.75 Å². The summed E-state index contributed by atoms with van der Waals surface area (Å²) in [6.45, 7) is 0. The summed E-state index contributed by atoms with van der Waals surface area (Å²) >= 11 is 0. The van der Waals surface area contributed by atoms with Crippen molar-refractivity contribution in [3.63, 3.8) is 0 Å². The van der Waals surface area contributed by atoms with Gasteiger partial charge in [-0.05, 0) is 17.7 Å². The molecule has 2 N–H and O–H groups in total. The first kappa shape index (κ1) is 13.3. The average molecular weight is 250 g/mol. The van der Waals surface area contributed by atoms with E-state index in [-0.39, 0.29) is 5.56 Å². The quantitative estimate of drug-likeness (QED) is 0.858. The van der Waals surface area contributed by atoms with Gasteiger partial charge in [0, 0.05) is 0 Å². The van der Waals surface area contributed by atoms with Gasteiger partial charge in [-0.1, -0.05) is 12.1 Å². The van der Waals surface area contributed by atoms with Gasteiger partial charge in [-0.2, -0.15) is 0 Å². The molecule has 0 aliphatic heterocycles. The van der Waals surface area contributed by atoms with E-state index in [2.05, 4.69) is 4.74 Å². The molecular weight excluding hydrogens is 241 g/mol. The highest BCUT2D eigenvalue weighted by atomic mass is 19.4. The maximum absolute atomic E-state index is 11.8. The van der Waals surface area contributed by atoms with Crippen LogP contribution >= 0.6 is 0 Å². The summed E-state index contributed by atoms with van der Waals surface area (Å²) < 4.78 is 39.1. The minimum atomic E-state index is -4.78. The van der Waals surface area contributed by atoms with E-state index in [9.17, 15) is 23.1 Å². The van der Waals surface area contributed by atoms with E-state index in [1.165, 1.54) is 12.1 Å². The van der Waals surface area contributed by atoms with E-state index < -0.39 is 30.6 Å². The van der Waals surface area contributed by atoms with Gasteiger partial charge < -0.3 is 14.9 Å². The Balaban J connectivity index is 2.71. The van der Waals surface area contributed by atoms with E-state index >= 15 is 0 Å². The molecule has 1 atom stereocenters. The Hall–Kier alpha value is -1.76. The van der Waals surface area contributed by atoms with Crippen molar-refractivity contribution in [3.8, 4) is 5.75 Å². The predicted molar refractivity (Wildman–Crippen MR) is 50.3 cm³/mol. The number of aliphatic carboxylic acids is 1. The number of halogens is 3. The van der Waals surface area contributed by atoms with E-state index in [0.29, 0.717) is 0 Å². The third-order valence-corrected chi connectivity index (χ3v) is 1.87. The zero-order valence-corrected chi connectivity index (χ0v) is 8.44. The number of ether oxygens (including phenoxy) is 1. The fraction of sp³-hybridized carbons (Fsp3) is 0.300. The van der Waals surface area contributed by atoms with Gasteiger partial charge in [0.2, 0.25) is 0 Å². The van der Waals surface area contributed by atoms with Crippen LogP contribution in [-0.4, -0.2) is 22.5 Å². The number of carboxylic acid groups (broad SMARTS) is 1. The number of benzene rings is 1. The number of carboxylic acids is 1. The van der Waals surface area contributed by atoms with Crippen LogP contribution in [0.5, 0.6) is 5.75 Å². The Morgan fingerprint density at radius 1 is 1.29 bits per heavy atom. The van der Waals surface area contributed by atoms with E-state index in [1.807, 2.05) is 0 Å². The molecule has 1 rings (SSSR count). The van der Waals surface area contributed by atoms with Crippen molar-refractivity contribution in [1.82, 2.24) is 0 Å². The van der Waals surface area contributed by atoms with Gasteiger partial charge in [-0.15, -0.1) is 13.2 Å². The minimum absolute atomic E-state index is 0.210. The van der Waals surface area contributed by atoms with Crippen molar-refractivity contribution >= 4 is 5.97 Å². The molecule has 0 bridgehead atoms. The molecule has 7 heteroatoms. The molecule has 0 heterocycles. The Morgan fingerprint density at radius 3 is 2.24 bits per heavy atom. The van der Waals surface area contributed by atoms with Crippen LogP contribution < -0.4 is 4.74 Å². The Bertz CT molecular complexity index is 386. The van der Waals surface area contributed by atoms with Gasteiger partial charge in [-0.25, -0.2) is 0 Å². The molecule has 0 fully saturated rings. The Morgan fingerprint density at radius 2 is 1.82 bits per heavy atom. The van der Waals surface area contributed by atoms with Crippen LogP contribution in [0.4, 0.5) is 13.2 Å². The molecule has 4 nitrogen and oxygen atoms in total. The highest BCUT2D eigenvalue weighted by molar-refractivity contribution is 5.67. The van der Waals surface area contributed by atoms with Crippen molar-refractivity contribution in [2.45, 2.75) is 18.9 Å². The fourth-order valence-corrected chi connectivity index (χ4v) is 1.17. The van der Waals surface area contributed by atoms with Crippen LogP contribution in [0, 0.1) is 0 Å². The second kappa shape index (κ2) is 5.05. The topological polar surface area (TPSA) is 66.8 Å². The minimum Gasteiger partial charge on any atom is -0.481 e. The van der Waals surface area contributed by atoms with Crippen molar-refractivity contribution in [2.24, 2.45) is 0 Å². The van der Waals surface area contributed by atoms with Crippen molar-refractivity contribution in [1.29, 1.82) is 0 Å². The number of aliphatic hydroxyl groups is 1. The zero-order chi connectivity index (χ0) is 13.1. The first-order valence-corrected chi connectivity index (χ1v) is 4.53. The summed E-state index contributed by atoms with van der Waals surface area (Å²) in [5, 5.41) is 17.8. The number of aliphatic hydroxyl groups excluding tert-OH is 1. The normalized spacial score (nSPS) is 13.2. The lowest BCUT2D eigenvalue weighted by atomic mass is 10.1. The standard InChI is InChI=1S/C10H9F3O4/c11-10(12,13)17-7-3-1-6(2-4-7)8(14)5-9(15)16/h1-4,8,14H,5H2,(H,15,16). The maximum Gasteiger partial charge on any atom is 0.573 e. The SMILES string of the molecule is O=C(O)CC(O)c1ccc(OC(F)(F)F)cc1. The maximum atomic E-state index is 11.8. The molecule has 0 radical (unpaired) electrons. The molecule has 0 aromatic heterocycles. The third kappa shape index (κ3) is 4.73. The summed E-state index contributed by atoms with van der Waals surface area (Å²) in [5.41, 5.74) is 0.210. The lowest BCUT2D eigenvalue weighted by Gasteiger charge is -2.11. The number of carbonyl (C=O) groups is 1. The van der Waals surface area contributed by atoms with Gasteiger partial charge in [-0.3, -0.25) is 4.79 Å². The van der Waals surface area contributed by atoms with Crippen molar-refractivity contribution < 1.29 is 32.9 Å². The molecule has 0 amide bonds. The van der Waals surface area contributed by atoms with Gasteiger partial charge >= 0.3 is 12.3 Å².